The maximum atomic E-state index is 3.45. The third kappa shape index (κ3) is 3.07. The third-order valence-corrected chi connectivity index (χ3v) is 3.87. The Hall–Kier alpha value is -1.55. The van der Waals surface area contributed by atoms with Crippen LogP contribution in [0, 0.1) is 3.57 Å². The summed E-state index contributed by atoms with van der Waals surface area (Å²) in [5, 5.41) is 6.04. The summed E-state index contributed by atoms with van der Waals surface area (Å²) in [5.41, 5.74) is 2.46. The Morgan fingerprint density at radius 3 is 2.32 bits per heavy atom. The highest BCUT2D eigenvalue weighted by atomic mass is 127. The summed E-state index contributed by atoms with van der Waals surface area (Å²) in [6, 6.07) is 23.5. The van der Waals surface area contributed by atoms with Crippen LogP contribution in [0.15, 0.2) is 66.7 Å². The minimum absolute atomic E-state index is 0.853. The molecule has 0 radical (unpaired) electrons. The average molecular weight is 359 g/mol. The zero-order chi connectivity index (χ0) is 13.1. The summed E-state index contributed by atoms with van der Waals surface area (Å²) >= 11 is 2.32. The number of benzene rings is 3. The van der Waals surface area contributed by atoms with Crippen LogP contribution in [0.25, 0.3) is 10.8 Å². The topological polar surface area (TPSA) is 12.0 Å². The summed E-state index contributed by atoms with van der Waals surface area (Å²) < 4.78 is 1.26. The van der Waals surface area contributed by atoms with Crippen molar-refractivity contribution in [3.05, 3.63) is 75.9 Å². The zero-order valence-electron chi connectivity index (χ0n) is 10.4. The highest BCUT2D eigenvalue weighted by Crippen LogP contribution is 2.17. The van der Waals surface area contributed by atoms with Gasteiger partial charge in [0, 0.05) is 15.8 Å². The molecular formula is C17H14IN. The maximum Gasteiger partial charge on any atom is 0.0401 e. The number of hydrogen-bond acceptors (Lipinski definition) is 1. The van der Waals surface area contributed by atoms with Crippen molar-refractivity contribution >= 4 is 39.1 Å². The molecule has 0 saturated carbocycles. The van der Waals surface area contributed by atoms with Crippen molar-refractivity contribution in [3.63, 3.8) is 0 Å². The summed E-state index contributed by atoms with van der Waals surface area (Å²) in [4.78, 5) is 0. The lowest BCUT2D eigenvalue weighted by molar-refractivity contribution is 1.15. The highest BCUT2D eigenvalue weighted by molar-refractivity contribution is 14.1. The van der Waals surface area contributed by atoms with Gasteiger partial charge in [-0.05, 0) is 69.3 Å². The van der Waals surface area contributed by atoms with Crippen LogP contribution >= 0.6 is 22.6 Å². The summed E-state index contributed by atoms with van der Waals surface area (Å²) in [7, 11) is 0. The van der Waals surface area contributed by atoms with Crippen molar-refractivity contribution < 1.29 is 0 Å². The quantitative estimate of drug-likeness (QED) is 0.645. The molecule has 1 N–H and O–H groups in total. The zero-order valence-corrected chi connectivity index (χ0v) is 12.6. The molecule has 1 nitrogen and oxygen atoms in total. The van der Waals surface area contributed by atoms with Crippen molar-refractivity contribution in [3.8, 4) is 0 Å². The van der Waals surface area contributed by atoms with E-state index in [1.54, 1.807) is 0 Å². The third-order valence-electron chi connectivity index (χ3n) is 3.15. The largest absolute Gasteiger partial charge is 0.381 e. The lowest BCUT2D eigenvalue weighted by atomic mass is 10.1. The molecule has 0 aliphatic carbocycles. The van der Waals surface area contributed by atoms with Crippen LogP contribution in [0.4, 0.5) is 5.69 Å². The lowest BCUT2D eigenvalue weighted by Gasteiger charge is -2.07. The van der Waals surface area contributed by atoms with Gasteiger partial charge in [-0.1, -0.05) is 36.4 Å². The average Bonchev–Trinajstić information content (AvgIpc) is 2.46. The van der Waals surface area contributed by atoms with Gasteiger partial charge in [0.05, 0.1) is 0 Å². The second-order valence-electron chi connectivity index (χ2n) is 4.54. The fraction of sp³-hybridized carbons (Fsp3) is 0.0588. The Balaban J connectivity index is 1.76. The number of rotatable bonds is 3. The van der Waals surface area contributed by atoms with E-state index in [0.717, 1.165) is 12.2 Å². The molecule has 0 saturated heterocycles. The van der Waals surface area contributed by atoms with Crippen molar-refractivity contribution in [2.24, 2.45) is 0 Å². The predicted molar refractivity (Wildman–Crippen MR) is 90.4 cm³/mol. The van der Waals surface area contributed by atoms with E-state index in [4.69, 9.17) is 0 Å². The molecule has 0 aromatic heterocycles. The normalized spacial score (nSPS) is 10.6. The van der Waals surface area contributed by atoms with Gasteiger partial charge in [-0.2, -0.15) is 0 Å². The number of hydrogen-bond donors (Lipinski definition) is 1. The van der Waals surface area contributed by atoms with Gasteiger partial charge >= 0.3 is 0 Å². The standard InChI is InChI=1S/C17H14IN/c18-16-7-9-17(10-8-16)19-12-13-5-6-14-3-1-2-4-15(14)11-13/h1-11,19H,12H2. The molecule has 0 atom stereocenters. The van der Waals surface area contributed by atoms with E-state index in [0.29, 0.717) is 0 Å². The first kappa shape index (κ1) is 12.5. The van der Waals surface area contributed by atoms with E-state index in [9.17, 15) is 0 Å². The van der Waals surface area contributed by atoms with Gasteiger partial charge in [-0.15, -0.1) is 0 Å². The molecule has 0 fully saturated rings. The van der Waals surface area contributed by atoms with Crippen molar-refractivity contribution in [2.75, 3.05) is 5.32 Å². The monoisotopic (exact) mass is 359 g/mol. The molecule has 0 amide bonds. The van der Waals surface area contributed by atoms with Gasteiger partial charge in [0.1, 0.15) is 0 Å². The SMILES string of the molecule is Ic1ccc(NCc2ccc3ccccc3c2)cc1. The summed E-state index contributed by atoms with van der Waals surface area (Å²) in [6.45, 7) is 0.853. The van der Waals surface area contributed by atoms with E-state index in [-0.39, 0.29) is 0 Å². The Morgan fingerprint density at radius 2 is 1.53 bits per heavy atom. The molecule has 19 heavy (non-hydrogen) atoms. The van der Waals surface area contributed by atoms with Gasteiger partial charge in [0.2, 0.25) is 0 Å². The molecule has 94 valence electrons. The lowest BCUT2D eigenvalue weighted by Crippen LogP contribution is -1.99. The Labute approximate surface area is 126 Å². The summed E-state index contributed by atoms with van der Waals surface area (Å²) in [5.74, 6) is 0. The van der Waals surface area contributed by atoms with Crippen molar-refractivity contribution in [1.29, 1.82) is 0 Å². The van der Waals surface area contributed by atoms with E-state index in [1.807, 2.05) is 0 Å². The maximum absolute atomic E-state index is 3.45. The van der Waals surface area contributed by atoms with Crippen LogP contribution in [0.1, 0.15) is 5.56 Å². The smallest absolute Gasteiger partial charge is 0.0401 e. The van der Waals surface area contributed by atoms with Crippen LogP contribution in [0.2, 0.25) is 0 Å². The molecule has 0 aliphatic rings. The first-order valence-electron chi connectivity index (χ1n) is 6.28. The van der Waals surface area contributed by atoms with Gasteiger partial charge in [-0.3, -0.25) is 0 Å². The molecule has 0 aliphatic heterocycles. The van der Waals surface area contributed by atoms with Crippen LogP contribution in [-0.4, -0.2) is 0 Å². The second-order valence-corrected chi connectivity index (χ2v) is 5.79. The van der Waals surface area contributed by atoms with E-state index >= 15 is 0 Å². The fourth-order valence-corrected chi connectivity index (χ4v) is 2.48. The van der Waals surface area contributed by atoms with Crippen LogP contribution < -0.4 is 5.32 Å². The molecule has 0 unspecified atom stereocenters. The second kappa shape index (κ2) is 5.61. The van der Waals surface area contributed by atoms with E-state index in [2.05, 4.69) is 94.6 Å². The van der Waals surface area contributed by atoms with E-state index in [1.165, 1.54) is 19.9 Å². The molecule has 0 spiro atoms. The number of anilines is 1. The van der Waals surface area contributed by atoms with E-state index < -0.39 is 0 Å². The van der Waals surface area contributed by atoms with Crippen LogP contribution in [0.3, 0.4) is 0 Å². The van der Waals surface area contributed by atoms with Gasteiger partial charge in [0.25, 0.3) is 0 Å². The first-order valence-corrected chi connectivity index (χ1v) is 7.36. The van der Waals surface area contributed by atoms with Crippen LogP contribution in [-0.2, 0) is 6.54 Å². The van der Waals surface area contributed by atoms with Crippen LogP contribution in [0.5, 0.6) is 0 Å². The minimum atomic E-state index is 0.853. The molecule has 3 rings (SSSR count). The van der Waals surface area contributed by atoms with Crippen molar-refractivity contribution in [2.45, 2.75) is 6.54 Å². The molecule has 2 heteroatoms. The Morgan fingerprint density at radius 1 is 0.789 bits per heavy atom. The number of nitrogens with one attached hydrogen (secondary N) is 1. The molecule has 3 aromatic carbocycles. The molecular weight excluding hydrogens is 345 g/mol. The van der Waals surface area contributed by atoms with Gasteiger partial charge in [-0.25, -0.2) is 0 Å². The highest BCUT2D eigenvalue weighted by Gasteiger charge is 1.97. The Kier molecular flexibility index (Phi) is 3.69. The predicted octanol–water partition coefficient (Wildman–Crippen LogP) is 5.06. The molecule has 0 heterocycles. The first-order chi connectivity index (χ1) is 9.31. The Bertz CT molecular complexity index is 689. The van der Waals surface area contributed by atoms with Gasteiger partial charge < -0.3 is 5.32 Å². The number of fused-ring (bicyclic) bond motifs is 1. The summed E-state index contributed by atoms with van der Waals surface area (Å²) in [6.07, 6.45) is 0. The molecule has 3 aromatic rings. The molecule has 0 bridgehead atoms. The van der Waals surface area contributed by atoms with Crippen molar-refractivity contribution in [1.82, 2.24) is 0 Å². The minimum Gasteiger partial charge on any atom is -0.381 e. The fourth-order valence-electron chi connectivity index (χ4n) is 2.12. The number of halogens is 1. The van der Waals surface area contributed by atoms with Gasteiger partial charge in [0.15, 0.2) is 0 Å².